The Morgan fingerprint density at radius 3 is 2.47 bits per heavy atom. The molecule has 1 spiro atoms. The van der Waals surface area contributed by atoms with Gasteiger partial charge in [0.25, 0.3) is 0 Å². The zero-order valence-corrected chi connectivity index (χ0v) is 10.0. The molecule has 1 aliphatic carbocycles. The summed E-state index contributed by atoms with van der Waals surface area (Å²) in [6.45, 7) is 6.53. The lowest BCUT2D eigenvalue weighted by Crippen LogP contribution is -2.60. The van der Waals surface area contributed by atoms with Crippen molar-refractivity contribution in [2.24, 2.45) is 11.3 Å². The minimum atomic E-state index is 0.365. The minimum absolute atomic E-state index is 0.365. The normalized spacial score (nSPS) is 26.0. The van der Waals surface area contributed by atoms with Gasteiger partial charge in [0.2, 0.25) is 0 Å². The number of rotatable bonds is 6. The van der Waals surface area contributed by atoms with E-state index in [-0.39, 0.29) is 0 Å². The Morgan fingerprint density at radius 1 is 1.27 bits per heavy atom. The Hall–Kier alpha value is -0.0800. The molecule has 0 aromatic carbocycles. The quantitative estimate of drug-likeness (QED) is 0.728. The zero-order valence-electron chi connectivity index (χ0n) is 10.0. The molecule has 15 heavy (non-hydrogen) atoms. The average molecular weight is 211 g/mol. The number of likely N-dealkylation sites (tertiary alicyclic amines) is 1. The number of aliphatic hydroxyl groups is 1. The SMILES string of the molecule is CCCC(CCO)CN1CC2(CCC2)C1. The van der Waals surface area contributed by atoms with Crippen molar-refractivity contribution in [2.45, 2.75) is 45.4 Å². The molecular formula is C13H25NO. The summed E-state index contributed by atoms with van der Waals surface area (Å²) in [5, 5.41) is 9.01. The fourth-order valence-corrected chi connectivity index (χ4v) is 3.31. The second-order valence-corrected chi connectivity index (χ2v) is 5.69. The second kappa shape index (κ2) is 4.84. The molecule has 2 heteroatoms. The van der Waals surface area contributed by atoms with Crippen LogP contribution in [-0.2, 0) is 0 Å². The van der Waals surface area contributed by atoms with Crippen LogP contribution in [0, 0.1) is 11.3 Å². The molecule has 2 nitrogen and oxygen atoms in total. The topological polar surface area (TPSA) is 23.5 Å². The zero-order chi connectivity index (χ0) is 10.7. The van der Waals surface area contributed by atoms with Crippen LogP contribution in [0.2, 0.25) is 0 Å². The van der Waals surface area contributed by atoms with Crippen LogP contribution in [0.3, 0.4) is 0 Å². The number of aliphatic hydroxyl groups excluding tert-OH is 1. The average Bonchev–Trinajstić information content (AvgIpc) is 2.08. The molecule has 1 aliphatic heterocycles. The van der Waals surface area contributed by atoms with Crippen molar-refractivity contribution in [1.82, 2.24) is 4.90 Å². The summed E-state index contributed by atoms with van der Waals surface area (Å²) in [6, 6.07) is 0. The van der Waals surface area contributed by atoms with E-state index in [0.717, 1.165) is 17.8 Å². The van der Waals surface area contributed by atoms with Crippen molar-refractivity contribution in [3.8, 4) is 0 Å². The predicted molar refractivity (Wildman–Crippen MR) is 62.8 cm³/mol. The fourth-order valence-electron chi connectivity index (χ4n) is 3.31. The molecule has 0 aromatic rings. The number of hydrogen-bond donors (Lipinski definition) is 1. The summed E-state index contributed by atoms with van der Waals surface area (Å²) in [5.41, 5.74) is 0.760. The van der Waals surface area contributed by atoms with Gasteiger partial charge in [-0.15, -0.1) is 0 Å². The molecule has 1 saturated carbocycles. The summed E-state index contributed by atoms with van der Waals surface area (Å²) in [4.78, 5) is 2.61. The van der Waals surface area contributed by atoms with Crippen molar-refractivity contribution in [3.05, 3.63) is 0 Å². The van der Waals surface area contributed by atoms with Crippen LogP contribution in [0.25, 0.3) is 0 Å². The van der Waals surface area contributed by atoms with Gasteiger partial charge in [0.05, 0.1) is 0 Å². The maximum Gasteiger partial charge on any atom is 0.0434 e. The summed E-state index contributed by atoms with van der Waals surface area (Å²) >= 11 is 0. The summed E-state index contributed by atoms with van der Waals surface area (Å²) in [7, 11) is 0. The number of hydrogen-bond acceptors (Lipinski definition) is 2. The molecule has 1 heterocycles. The lowest BCUT2D eigenvalue weighted by atomic mass is 9.63. The van der Waals surface area contributed by atoms with E-state index < -0.39 is 0 Å². The van der Waals surface area contributed by atoms with Gasteiger partial charge in [0.15, 0.2) is 0 Å². The van der Waals surface area contributed by atoms with E-state index in [0.29, 0.717) is 6.61 Å². The third-order valence-electron chi connectivity index (χ3n) is 4.28. The van der Waals surface area contributed by atoms with Gasteiger partial charge < -0.3 is 10.0 Å². The third-order valence-corrected chi connectivity index (χ3v) is 4.28. The molecule has 1 saturated heterocycles. The van der Waals surface area contributed by atoms with Crippen molar-refractivity contribution >= 4 is 0 Å². The molecule has 1 atom stereocenters. The van der Waals surface area contributed by atoms with E-state index in [1.165, 1.54) is 51.7 Å². The Kier molecular flexibility index (Phi) is 3.68. The van der Waals surface area contributed by atoms with Crippen molar-refractivity contribution in [2.75, 3.05) is 26.2 Å². The van der Waals surface area contributed by atoms with Crippen molar-refractivity contribution in [1.29, 1.82) is 0 Å². The first-order valence-corrected chi connectivity index (χ1v) is 6.61. The van der Waals surface area contributed by atoms with Gasteiger partial charge in [-0.2, -0.15) is 0 Å². The Balaban J connectivity index is 1.66. The van der Waals surface area contributed by atoms with Gasteiger partial charge in [-0.05, 0) is 37.0 Å². The Bertz CT molecular complexity index is 187. The molecule has 2 aliphatic rings. The Morgan fingerprint density at radius 2 is 2.00 bits per heavy atom. The maximum atomic E-state index is 9.01. The van der Waals surface area contributed by atoms with E-state index in [9.17, 15) is 0 Å². The highest BCUT2D eigenvalue weighted by atomic mass is 16.3. The highest BCUT2D eigenvalue weighted by Crippen LogP contribution is 2.48. The van der Waals surface area contributed by atoms with Crippen LogP contribution in [0.4, 0.5) is 0 Å². The van der Waals surface area contributed by atoms with Gasteiger partial charge in [-0.1, -0.05) is 19.8 Å². The van der Waals surface area contributed by atoms with Crippen LogP contribution in [0.5, 0.6) is 0 Å². The summed E-state index contributed by atoms with van der Waals surface area (Å²) in [6.07, 6.45) is 7.94. The minimum Gasteiger partial charge on any atom is -0.396 e. The van der Waals surface area contributed by atoms with Crippen LogP contribution in [0.1, 0.15) is 45.4 Å². The lowest BCUT2D eigenvalue weighted by molar-refractivity contribution is -0.0680. The highest BCUT2D eigenvalue weighted by Gasteiger charge is 2.47. The van der Waals surface area contributed by atoms with E-state index in [1.54, 1.807) is 0 Å². The van der Waals surface area contributed by atoms with Crippen LogP contribution >= 0.6 is 0 Å². The first-order chi connectivity index (χ1) is 7.28. The molecule has 0 aromatic heterocycles. The molecule has 1 unspecified atom stereocenters. The lowest BCUT2D eigenvalue weighted by Gasteiger charge is -2.56. The standard InChI is InChI=1S/C13H25NO/c1-2-4-12(5-8-15)9-14-10-13(11-14)6-3-7-13/h12,15H,2-11H2,1H3. The van der Waals surface area contributed by atoms with Crippen LogP contribution in [-0.4, -0.2) is 36.2 Å². The van der Waals surface area contributed by atoms with Crippen molar-refractivity contribution < 1.29 is 5.11 Å². The molecule has 0 amide bonds. The highest BCUT2D eigenvalue weighted by molar-refractivity contribution is 5.00. The third kappa shape index (κ3) is 2.54. The van der Waals surface area contributed by atoms with Crippen LogP contribution < -0.4 is 0 Å². The second-order valence-electron chi connectivity index (χ2n) is 5.69. The monoisotopic (exact) mass is 211 g/mol. The molecule has 2 rings (SSSR count). The molecular weight excluding hydrogens is 186 g/mol. The first-order valence-electron chi connectivity index (χ1n) is 6.61. The van der Waals surface area contributed by atoms with E-state index >= 15 is 0 Å². The molecule has 2 fully saturated rings. The molecule has 0 bridgehead atoms. The summed E-state index contributed by atoms with van der Waals surface area (Å²) in [5.74, 6) is 0.734. The van der Waals surface area contributed by atoms with E-state index in [2.05, 4.69) is 11.8 Å². The molecule has 1 N–H and O–H groups in total. The van der Waals surface area contributed by atoms with E-state index in [1.807, 2.05) is 0 Å². The molecule has 0 radical (unpaired) electrons. The Labute approximate surface area is 93.7 Å². The largest absolute Gasteiger partial charge is 0.396 e. The smallest absolute Gasteiger partial charge is 0.0434 e. The van der Waals surface area contributed by atoms with Gasteiger partial charge >= 0.3 is 0 Å². The first kappa shape index (κ1) is 11.4. The number of nitrogens with zero attached hydrogens (tertiary/aromatic N) is 1. The molecule has 88 valence electrons. The van der Waals surface area contributed by atoms with Gasteiger partial charge in [-0.3, -0.25) is 0 Å². The van der Waals surface area contributed by atoms with E-state index in [4.69, 9.17) is 5.11 Å². The van der Waals surface area contributed by atoms with Gasteiger partial charge in [-0.25, -0.2) is 0 Å². The predicted octanol–water partition coefficient (Wildman–Crippen LogP) is 2.27. The maximum absolute atomic E-state index is 9.01. The van der Waals surface area contributed by atoms with Crippen molar-refractivity contribution in [3.63, 3.8) is 0 Å². The van der Waals surface area contributed by atoms with Crippen LogP contribution in [0.15, 0.2) is 0 Å². The summed E-state index contributed by atoms with van der Waals surface area (Å²) < 4.78 is 0. The van der Waals surface area contributed by atoms with Gasteiger partial charge in [0.1, 0.15) is 0 Å². The fraction of sp³-hybridized carbons (Fsp3) is 1.00. The van der Waals surface area contributed by atoms with Gasteiger partial charge in [0, 0.05) is 26.2 Å².